The summed E-state index contributed by atoms with van der Waals surface area (Å²) in [4.78, 5) is 12.1. The first kappa shape index (κ1) is 23.1. The number of rotatable bonds is 5. The van der Waals surface area contributed by atoms with Crippen molar-refractivity contribution in [1.82, 2.24) is 10.2 Å². The summed E-state index contributed by atoms with van der Waals surface area (Å²) in [5, 5.41) is 10.4. The average molecular weight is 470 g/mol. The van der Waals surface area contributed by atoms with E-state index in [2.05, 4.69) is 36.3 Å². The molecule has 164 valence electrons. The molecule has 0 saturated heterocycles. The first-order valence-corrected chi connectivity index (χ1v) is 10.5. The molecule has 0 radical (unpaired) electrons. The van der Waals surface area contributed by atoms with E-state index in [0.717, 1.165) is 41.1 Å². The van der Waals surface area contributed by atoms with Crippen LogP contribution in [-0.4, -0.2) is 21.9 Å². The zero-order valence-electron chi connectivity index (χ0n) is 16.9. The fraction of sp³-hybridized carbons (Fsp3) is 0.286. The maximum Gasteiger partial charge on any atom is 0.416 e. The second-order valence-corrected chi connectivity index (χ2v) is 9.06. The Kier molecular flexibility index (Phi) is 6.66. The van der Waals surface area contributed by atoms with Crippen molar-refractivity contribution in [3.05, 3.63) is 58.6 Å². The number of carbonyl (C=O) groups is 1. The number of anilines is 1. The van der Waals surface area contributed by atoms with Crippen LogP contribution < -0.4 is 5.32 Å². The summed E-state index contributed by atoms with van der Waals surface area (Å²) in [6, 6.07) is 10.5. The third-order valence-electron chi connectivity index (χ3n) is 4.30. The van der Waals surface area contributed by atoms with Crippen LogP contribution in [0.25, 0.3) is 11.5 Å². The summed E-state index contributed by atoms with van der Waals surface area (Å²) in [6.45, 7) is 6.34. The average Bonchev–Trinajstić information content (AvgIpc) is 3.16. The van der Waals surface area contributed by atoms with Crippen LogP contribution in [0, 0.1) is 0 Å². The topological polar surface area (TPSA) is 68.0 Å². The molecule has 1 heterocycles. The number of nitrogens with zero attached hydrogens (tertiary/aromatic N) is 2. The lowest BCUT2D eigenvalue weighted by Crippen LogP contribution is -2.15. The van der Waals surface area contributed by atoms with Gasteiger partial charge < -0.3 is 9.73 Å². The van der Waals surface area contributed by atoms with E-state index in [1.54, 1.807) is 0 Å². The van der Waals surface area contributed by atoms with Crippen molar-refractivity contribution < 1.29 is 22.4 Å². The fourth-order valence-electron chi connectivity index (χ4n) is 2.61. The van der Waals surface area contributed by atoms with E-state index in [1.807, 2.05) is 24.3 Å². The maximum absolute atomic E-state index is 12.8. The standard InChI is InChI=1S/C21H19ClF3N3O2S/c1-20(2,3)13-6-4-12(5-7-13)18-27-28-19(30-18)31-11-17(29)26-16-10-14(21(23,24)25)8-9-15(16)22/h4-10H,11H2,1-3H3,(H,26,29). The van der Waals surface area contributed by atoms with Crippen molar-refractivity contribution in [2.45, 2.75) is 37.6 Å². The molecule has 0 bridgehead atoms. The number of alkyl halides is 3. The van der Waals surface area contributed by atoms with Crippen molar-refractivity contribution in [2.75, 3.05) is 11.1 Å². The van der Waals surface area contributed by atoms with Gasteiger partial charge in [-0.05, 0) is 41.3 Å². The highest BCUT2D eigenvalue weighted by molar-refractivity contribution is 7.99. The van der Waals surface area contributed by atoms with Gasteiger partial charge in [0.15, 0.2) is 0 Å². The highest BCUT2D eigenvalue weighted by Crippen LogP contribution is 2.34. The summed E-state index contributed by atoms with van der Waals surface area (Å²) in [5.74, 6) is -0.387. The van der Waals surface area contributed by atoms with Gasteiger partial charge in [0, 0.05) is 5.56 Å². The predicted octanol–water partition coefficient (Wildman–Crippen LogP) is 6.44. The Hall–Kier alpha value is -2.52. The molecule has 0 saturated carbocycles. The minimum Gasteiger partial charge on any atom is -0.411 e. The lowest BCUT2D eigenvalue weighted by Gasteiger charge is -2.18. The molecule has 2 aromatic carbocycles. The fourth-order valence-corrected chi connectivity index (χ4v) is 3.34. The van der Waals surface area contributed by atoms with Crippen LogP contribution in [0.1, 0.15) is 31.9 Å². The zero-order chi connectivity index (χ0) is 22.8. The van der Waals surface area contributed by atoms with Crippen LogP contribution in [0.2, 0.25) is 5.02 Å². The smallest absolute Gasteiger partial charge is 0.411 e. The van der Waals surface area contributed by atoms with Crippen molar-refractivity contribution in [1.29, 1.82) is 0 Å². The van der Waals surface area contributed by atoms with E-state index >= 15 is 0 Å². The van der Waals surface area contributed by atoms with Gasteiger partial charge in [-0.3, -0.25) is 4.79 Å². The number of amides is 1. The molecule has 1 amide bonds. The van der Waals surface area contributed by atoms with Crippen LogP contribution >= 0.6 is 23.4 Å². The highest BCUT2D eigenvalue weighted by Gasteiger charge is 2.31. The van der Waals surface area contributed by atoms with Crippen molar-refractivity contribution >= 4 is 35.0 Å². The normalized spacial score (nSPS) is 12.1. The number of hydrogen-bond acceptors (Lipinski definition) is 5. The lowest BCUT2D eigenvalue weighted by molar-refractivity contribution is -0.137. The predicted molar refractivity (Wildman–Crippen MR) is 114 cm³/mol. The van der Waals surface area contributed by atoms with E-state index in [4.69, 9.17) is 16.0 Å². The van der Waals surface area contributed by atoms with Gasteiger partial charge in [0.1, 0.15) is 0 Å². The summed E-state index contributed by atoms with van der Waals surface area (Å²) >= 11 is 6.86. The SMILES string of the molecule is CC(C)(C)c1ccc(-c2nnc(SCC(=O)Nc3cc(C(F)(F)F)ccc3Cl)o2)cc1. The number of thioether (sulfide) groups is 1. The summed E-state index contributed by atoms with van der Waals surface area (Å²) in [5.41, 5.74) is 0.901. The van der Waals surface area contributed by atoms with E-state index in [-0.39, 0.29) is 27.1 Å². The third-order valence-corrected chi connectivity index (χ3v) is 5.45. The Balaban J connectivity index is 1.61. The number of halogens is 4. The summed E-state index contributed by atoms with van der Waals surface area (Å²) < 4.78 is 44.1. The van der Waals surface area contributed by atoms with Crippen molar-refractivity contribution in [2.24, 2.45) is 0 Å². The van der Waals surface area contributed by atoms with Crippen LogP contribution in [0.5, 0.6) is 0 Å². The molecule has 1 N–H and O–H groups in total. The number of benzene rings is 2. The number of hydrogen-bond donors (Lipinski definition) is 1. The lowest BCUT2D eigenvalue weighted by atomic mass is 9.87. The molecule has 0 aliphatic heterocycles. The molecule has 0 fully saturated rings. The van der Waals surface area contributed by atoms with Crippen LogP contribution in [0.3, 0.4) is 0 Å². The van der Waals surface area contributed by atoms with E-state index in [1.165, 1.54) is 0 Å². The van der Waals surface area contributed by atoms with E-state index in [0.29, 0.717) is 5.89 Å². The Bertz CT molecular complexity index is 1080. The molecule has 0 spiro atoms. The number of carbonyl (C=O) groups excluding carboxylic acids is 1. The van der Waals surface area contributed by atoms with Crippen LogP contribution in [0.4, 0.5) is 18.9 Å². The highest BCUT2D eigenvalue weighted by atomic mass is 35.5. The Morgan fingerprint density at radius 1 is 1.06 bits per heavy atom. The van der Waals surface area contributed by atoms with Gasteiger partial charge in [-0.15, -0.1) is 10.2 Å². The van der Waals surface area contributed by atoms with Gasteiger partial charge in [0.25, 0.3) is 5.22 Å². The molecule has 10 heteroatoms. The minimum atomic E-state index is -4.54. The second kappa shape index (κ2) is 8.92. The quantitative estimate of drug-likeness (QED) is 0.435. The molecule has 0 unspecified atom stereocenters. The monoisotopic (exact) mass is 469 g/mol. The van der Waals surface area contributed by atoms with Gasteiger partial charge in [0.05, 0.1) is 22.0 Å². The molecule has 0 aliphatic carbocycles. The van der Waals surface area contributed by atoms with E-state index in [9.17, 15) is 18.0 Å². The molecular formula is C21H19ClF3N3O2S. The van der Waals surface area contributed by atoms with Gasteiger partial charge >= 0.3 is 6.18 Å². The second-order valence-electron chi connectivity index (χ2n) is 7.73. The van der Waals surface area contributed by atoms with Gasteiger partial charge in [0.2, 0.25) is 11.8 Å². The van der Waals surface area contributed by atoms with Crippen LogP contribution in [-0.2, 0) is 16.4 Å². The molecule has 1 aromatic heterocycles. The Morgan fingerprint density at radius 2 is 1.71 bits per heavy atom. The third kappa shape index (κ3) is 6.01. The van der Waals surface area contributed by atoms with Crippen molar-refractivity contribution in [3.8, 4) is 11.5 Å². The number of nitrogens with one attached hydrogen (secondary N) is 1. The number of aromatic nitrogens is 2. The first-order chi connectivity index (χ1) is 14.4. The summed E-state index contributed by atoms with van der Waals surface area (Å²) in [6.07, 6.45) is -4.54. The minimum absolute atomic E-state index is 0.00475. The van der Waals surface area contributed by atoms with Crippen molar-refractivity contribution in [3.63, 3.8) is 0 Å². The molecule has 0 atom stereocenters. The van der Waals surface area contributed by atoms with Crippen LogP contribution in [0.15, 0.2) is 52.1 Å². The molecule has 5 nitrogen and oxygen atoms in total. The molecule has 3 aromatic rings. The first-order valence-electron chi connectivity index (χ1n) is 9.17. The van der Waals surface area contributed by atoms with Gasteiger partial charge in [-0.2, -0.15) is 13.2 Å². The molecular weight excluding hydrogens is 451 g/mol. The zero-order valence-corrected chi connectivity index (χ0v) is 18.5. The summed E-state index contributed by atoms with van der Waals surface area (Å²) in [7, 11) is 0. The van der Waals surface area contributed by atoms with Gasteiger partial charge in [-0.25, -0.2) is 0 Å². The molecule has 0 aliphatic rings. The van der Waals surface area contributed by atoms with Gasteiger partial charge in [-0.1, -0.05) is 56.3 Å². The Morgan fingerprint density at radius 3 is 2.32 bits per heavy atom. The Labute approximate surface area is 186 Å². The molecule has 31 heavy (non-hydrogen) atoms. The largest absolute Gasteiger partial charge is 0.416 e. The van der Waals surface area contributed by atoms with E-state index < -0.39 is 17.6 Å². The maximum atomic E-state index is 12.8. The molecule has 3 rings (SSSR count).